The van der Waals surface area contributed by atoms with Crippen molar-refractivity contribution in [3.05, 3.63) is 47.8 Å². The van der Waals surface area contributed by atoms with Gasteiger partial charge in [-0.05, 0) is 42.7 Å². The molecule has 0 N–H and O–H groups in total. The zero-order chi connectivity index (χ0) is 21.1. The van der Waals surface area contributed by atoms with E-state index in [4.69, 9.17) is 9.72 Å². The maximum atomic E-state index is 10.6. The molecule has 0 saturated carbocycles. The Balaban J connectivity index is 1.57. The molecule has 0 unspecified atom stereocenters. The first-order valence-corrected chi connectivity index (χ1v) is 10.7. The number of fused-ring (bicyclic) bond motifs is 1. The van der Waals surface area contributed by atoms with Gasteiger partial charge in [0.2, 0.25) is 0 Å². The Hall–Kier alpha value is -2.86. The first-order chi connectivity index (χ1) is 14.6. The highest BCUT2D eigenvalue weighted by molar-refractivity contribution is 5.70. The summed E-state index contributed by atoms with van der Waals surface area (Å²) >= 11 is 0. The van der Waals surface area contributed by atoms with Crippen LogP contribution in [0.2, 0.25) is 0 Å². The molecule has 1 fully saturated rings. The van der Waals surface area contributed by atoms with Gasteiger partial charge in [0.25, 0.3) is 0 Å². The number of nitrogens with zero attached hydrogens (tertiary/aromatic N) is 4. The standard InChI is InChI=1S/C24H30N4O2/c1-4-19-15-21(18(2)14-23(19)30-3)22-17-28-8-6-20(16-24(28)25-22)27-11-9-26(10-12-27)7-5-13-29/h6,8,13-17H,4-5,7,9-12H2,1-3H3. The number of piperazine rings is 1. The highest BCUT2D eigenvalue weighted by Crippen LogP contribution is 2.31. The van der Waals surface area contributed by atoms with Gasteiger partial charge in [0, 0.05) is 68.9 Å². The van der Waals surface area contributed by atoms with Gasteiger partial charge in [-0.3, -0.25) is 4.90 Å². The average molecular weight is 407 g/mol. The Morgan fingerprint density at radius 1 is 1.17 bits per heavy atom. The van der Waals surface area contributed by atoms with Gasteiger partial charge in [0.15, 0.2) is 0 Å². The van der Waals surface area contributed by atoms with Crippen LogP contribution in [-0.4, -0.2) is 60.4 Å². The molecule has 2 aromatic heterocycles. The second-order valence-corrected chi connectivity index (χ2v) is 7.89. The summed E-state index contributed by atoms with van der Waals surface area (Å²) in [6.45, 7) is 9.04. The molecule has 1 saturated heterocycles. The van der Waals surface area contributed by atoms with Crippen LogP contribution < -0.4 is 9.64 Å². The lowest BCUT2D eigenvalue weighted by Crippen LogP contribution is -2.46. The van der Waals surface area contributed by atoms with Crippen molar-refractivity contribution >= 4 is 17.6 Å². The average Bonchev–Trinajstić information content (AvgIpc) is 3.20. The lowest BCUT2D eigenvalue weighted by Gasteiger charge is -2.35. The van der Waals surface area contributed by atoms with Crippen molar-refractivity contribution in [1.82, 2.24) is 14.3 Å². The summed E-state index contributed by atoms with van der Waals surface area (Å²) in [5.41, 5.74) is 6.67. The van der Waals surface area contributed by atoms with E-state index in [-0.39, 0.29) is 0 Å². The van der Waals surface area contributed by atoms with Gasteiger partial charge >= 0.3 is 0 Å². The largest absolute Gasteiger partial charge is 0.496 e. The SMILES string of the molecule is CCc1cc(-c2cn3ccc(N4CCN(CCC=O)CC4)cc3n2)c(C)cc1OC. The fourth-order valence-corrected chi connectivity index (χ4v) is 4.23. The topological polar surface area (TPSA) is 50.1 Å². The van der Waals surface area contributed by atoms with E-state index in [1.165, 1.54) is 16.8 Å². The van der Waals surface area contributed by atoms with E-state index in [0.29, 0.717) is 6.42 Å². The van der Waals surface area contributed by atoms with Crippen molar-refractivity contribution in [2.45, 2.75) is 26.7 Å². The third-order valence-corrected chi connectivity index (χ3v) is 6.03. The molecular formula is C24H30N4O2. The number of hydrogen-bond acceptors (Lipinski definition) is 5. The molecule has 0 aliphatic carbocycles. The van der Waals surface area contributed by atoms with E-state index >= 15 is 0 Å². The molecule has 4 rings (SSSR count). The van der Waals surface area contributed by atoms with Crippen molar-refractivity contribution in [3.63, 3.8) is 0 Å². The Kier molecular flexibility index (Phi) is 6.04. The number of ether oxygens (including phenoxy) is 1. The zero-order valence-electron chi connectivity index (χ0n) is 18.1. The number of carbonyl (C=O) groups is 1. The number of carbonyl (C=O) groups excluding carboxylic acids is 1. The second kappa shape index (κ2) is 8.88. The van der Waals surface area contributed by atoms with Crippen LogP contribution in [0.15, 0.2) is 36.7 Å². The summed E-state index contributed by atoms with van der Waals surface area (Å²) in [6, 6.07) is 8.64. The van der Waals surface area contributed by atoms with Crippen LogP contribution in [0.1, 0.15) is 24.5 Å². The summed E-state index contributed by atoms with van der Waals surface area (Å²) in [6.07, 6.45) is 6.74. The highest BCUT2D eigenvalue weighted by Gasteiger charge is 2.18. The number of imidazole rings is 1. The summed E-state index contributed by atoms with van der Waals surface area (Å²) in [5.74, 6) is 0.942. The number of methoxy groups -OCH3 is 1. The third kappa shape index (κ3) is 4.05. The van der Waals surface area contributed by atoms with Gasteiger partial charge in [-0.25, -0.2) is 4.98 Å². The maximum absolute atomic E-state index is 10.6. The molecule has 6 nitrogen and oxygen atoms in total. The van der Waals surface area contributed by atoms with E-state index < -0.39 is 0 Å². The number of rotatable bonds is 7. The van der Waals surface area contributed by atoms with Gasteiger partial charge in [-0.2, -0.15) is 0 Å². The second-order valence-electron chi connectivity index (χ2n) is 7.89. The number of pyridine rings is 1. The normalized spacial score (nSPS) is 15.0. The van der Waals surface area contributed by atoms with Gasteiger partial charge in [-0.1, -0.05) is 6.92 Å². The number of anilines is 1. The minimum absolute atomic E-state index is 0.618. The molecule has 0 atom stereocenters. The molecule has 0 radical (unpaired) electrons. The summed E-state index contributed by atoms with van der Waals surface area (Å²) < 4.78 is 7.62. The fraction of sp³-hybridized carbons (Fsp3) is 0.417. The Morgan fingerprint density at radius 2 is 1.97 bits per heavy atom. The van der Waals surface area contributed by atoms with Crippen LogP contribution in [0.25, 0.3) is 16.9 Å². The minimum Gasteiger partial charge on any atom is -0.496 e. The molecule has 3 aromatic rings. The molecule has 30 heavy (non-hydrogen) atoms. The van der Waals surface area contributed by atoms with Crippen molar-refractivity contribution < 1.29 is 9.53 Å². The van der Waals surface area contributed by atoms with Crippen LogP contribution in [0, 0.1) is 6.92 Å². The quantitative estimate of drug-likeness (QED) is 0.561. The predicted molar refractivity (Wildman–Crippen MR) is 121 cm³/mol. The van der Waals surface area contributed by atoms with Gasteiger partial charge in [0.1, 0.15) is 17.7 Å². The van der Waals surface area contributed by atoms with Crippen LogP contribution in [0.3, 0.4) is 0 Å². The number of benzene rings is 1. The monoisotopic (exact) mass is 406 g/mol. The number of hydrogen-bond donors (Lipinski definition) is 0. The Bertz CT molecular complexity index is 1040. The van der Waals surface area contributed by atoms with Crippen molar-refractivity contribution in [2.75, 3.05) is 44.7 Å². The van der Waals surface area contributed by atoms with E-state index in [9.17, 15) is 4.79 Å². The molecule has 0 amide bonds. The molecule has 1 aliphatic rings. The molecule has 6 heteroatoms. The molecule has 0 bridgehead atoms. The highest BCUT2D eigenvalue weighted by atomic mass is 16.5. The van der Waals surface area contributed by atoms with Crippen molar-refractivity contribution in [3.8, 4) is 17.0 Å². The fourth-order valence-electron chi connectivity index (χ4n) is 4.23. The van der Waals surface area contributed by atoms with E-state index in [0.717, 1.165) is 68.1 Å². The molecular weight excluding hydrogens is 376 g/mol. The van der Waals surface area contributed by atoms with Gasteiger partial charge in [0.05, 0.1) is 12.8 Å². The molecule has 1 aliphatic heterocycles. The lowest BCUT2D eigenvalue weighted by molar-refractivity contribution is -0.108. The Morgan fingerprint density at radius 3 is 2.67 bits per heavy atom. The molecule has 1 aromatic carbocycles. The predicted octanol–water partition coefficient (Wildman–Crippen LogP) is 3.59. The molecule has 158 valence electrons. The number of aromatic nitrogens is 2. The van der Waals surface area contributed by atoms with Crippen LogP contribution in [-0.2, 0) is 11.2 Å². The van der Waals surface area contributed by atoms with E-state index in [1.54, 1.807) is 7.11 Å². The number of aryl methyl sites for hydroxylation is 2. The van der Waals surface area contributed by atoms with Gasteiger partial charge < -0.3 is 18.8 Å². The maximum Gasteiger partial charge on any atom is 0.139 e. The summed E-state index contributed by atoms with van der Waals surface area (Å²) in [5, 5.41) is 0. The van der Waals surface area contributed by atoms with Crippen LogP contribution in [0.5, 0.6) is 5.75 Å². The van der Waals surface area contributed by atoms with Crippen molar-refractivity contribution in [1.29, 1.82) is 0 Å². The van der Waals surface area contributed by atoms with Crippen LogP contribution in [0.4, 0.5) is 5.69 Å². The van der Waals surface area contributed by atoms with E-state index in [1.807, 2.05) is 0 Å². The number of aldehydes is 1. The Labute approximate surface area is 178 Å². The zero-order valence-corrected chi connectivity index (χ0v) is 18.1. The van der Waals surface area contributed by atoms with Gasteiger partial charge in [-0.15, -0.1) is 0 Å². The summed E-state index contributed by atoms with van der Waals surface area (Å²) in [4.78, 5) is 20.3. The van der Waals surface area contributed by atoms with Crippen LogP contribution >= 0.6 is 0 Å². The first-order valence-electron chi connectivity index (χ1n) is 10.7. The summed E-state index contributed by atoms with van der Waals surface area (Å²) in [7, 11) is 1.72. The molecule has 3 heterocycles. The third-order valence-electron chi connectivity index (χ3n) is 6.03. The first kappa shape index (κ1) is 20.4. The molecule has 0 spiro atoms. The van der Waals surface area contributed by atoms with Crippen molar-refractivity contribution in [2.24, 2.45) is 0 Å². The van der Waals surface area contributed by atoms with E-state index in [2.05, 4.69) is 64.7 Å². The lowest BCUT2D eigenvalue weighted by atomic mass is 10.0. The minimum atomic E-state index is 0.618. The smallest absolute Gasteiger partial charge is 0.139 e.